The minimum atomic E-state index is -4.88. The number of amides is 1. The summed E-state index contributed by atoms with van der Waals surface area (Å²) in [5.74, 6) is -0.826. The molecule has 1 N–H and O–H groups in total. The highest BCUT2D eigenvalue weighted by molar-refractivity contribution is 7.92. The molecule has 1 amide bonds. The zero-order valence-electron chi connectivity index (χ0n) is 28.6. The predicted octanol–water partition coefficient (Wildman–Crippen LogP) is 5.39. The van der Waals surface area contributed by atoms with Gasteiger partial charge in [0.05, 0.1) is 25.1 Å². The normalized spacial score (nSPS) is 17.8. The van der Waals surface area contributed by atoms with Gasteiger partial charge in [-0.05, 0) is 79.4 Å². The molecular weight excluding hydrogens is 702 g/mol. The maximum atomic E-state index is 13.3. The van der Waals surface area contributed by atoms with Gasteiger partial charge in [-0.15, -0.1) is 13.2 Å². The molecule has 1 fully saturated rings. The molecule has 2 heterocycles. The summed E-state index contributed by atoms with van der Waals surface area (Å²) < 4.78 is 103. The molecule has 11 nitrogen and oxygen atoms in total. The number of carbonyl (C=O) groups is 1. The number of piperidine rings is 1. The number of halogens is 3. The number of benzene rings is 2. The van der Waals surface area contributed by atoms with Gasteiger partial charge in [-0.2, -0.15) is 4.31 Å². The Morgan fingerprint density at radius 3 is 2.29 bits per heavy atom. The van der Waals surface area contributed by atoms with Crippen LogP contribution in [0.15, 0.2) is 52.9 Å². The first kappa shape index (κ1) is 38.5. The van der Waals surface area contributed by atoms with Crippen molar-refractivity contribution < 1.29 is 44.0 Å². The monoisotopic (exact) mass is 744 g/mol. The Hall–Kier alpha value is -3.25. The average molecular weight is 745 g/mol. The van der Waals surface area contributed by atoms with Gasteiger partial charge >= 0.3 is 6.36 Å². The number of aryl methyl sites for hydroxylation is 1. The SMILES string of the molecule is Cc1cc(N(CCO[Si](C)(C)C(C)(C)C)S(C)(=O)=O)ccc1/C=C/S(=O)(=O)N1CCC2(CC1)N=C(c1cccc(OC(F)(F)F)c1)NC2=O. The lowest BCUT2D eigenvalue weighted by Gasteiger charge is -2.36. The van der Waals surface area contributed by atoms with E-state index in [9.17, 15) is 34.8 Å². The Bertz CT molecular complexity index is 1850. The number of nitrogens with one attached hydrogen (secondary N) is 1. The molecular formula is C32H43F3N4O7S2Si. The van der Waals surface area contributed by atoms with Crippen molar-refractivity contribution in [3.63, 3.8) is 0 Å². The number of rotatable bonds is 11. The van der Waals surface area contributed by atoms with Gasteiger partial charge in [-0.25, -0.2) is 16.8 Å². The van der Waals surface area contributed by atoms with Crippen LogP contribution in [0.25, 0.3) is 6.08 Å². The largest absolute Gasteiger partial charge is 0.573 e. The van der Waals surface area contributed by atoms with Crippen molar-refractivity contribution in [2.45, 2.75) is 70.6 Å². The first-order valence-electron chi connectivity index (χ1n) is 15.6. The fraction of sp³-hybridized carbons (Fsp3) is 0.500. The number of alkyl halides is 3. The molecule has 49 heavy (non-hydrogen) atoms. The zero-order chi connectivity index (χ0) is 36.6. The van der Waals surface area contributed by atoms with Gasteiger partial charge in [-0.1, -0.05) is 39.0 Å². The van der Waals surface area contributed by atoms with Gasteiger partial charge in [0.15, 0.2) is 8.32 Å². The quantitative estimate of drug-likeness (QED) is 0.305. The van der Waals surface area contributed by atoms with Gasteiger partial charge in [0.2, 0.25) is 20.0 Å². The third-order valence-electron chi connectivity index (χ3n) is 9.16. The Labute approximate surface area is 287 Å². The molecule has 2 aliphatic rings. The van der Waals surface area contributed by atoms with E-state index in [0.29, 0.717) is 16.8 Å². The second-order valence-corrected chi connectivity index (χ2v) is 22.3. The van der Waals surface area contributed by atoms with Crippen molar-refractivity contribution in [3.05, 3.63) is 64.6 Å². The van der Waals surface area contributed by atoms with E-state index < -0.39 is 51.9 Å². The van der Waals surface area contributed by atoms with Crippen LogP contribution in [0.3, 0.4) is 0 Å². The minimum absolute atomic E-state index is 0.00765. The van der Waals surface area contributed by atoms with Gasteiger partial charge in [0, 0.05) is 24.1 Å². The number of amidine groups is 1. The molecule has 2 aliphatic heterocycles. The second-order valence-electron chi connectivity index (χ2n) is 13.8. The molecule has 1 saturated heterocycles. The number of ether oxygens (including phenoxy) is 1. The Kier molecular flexibility index (Phi) is 10.9. The molecule has 0 saturated carbocycles. The number of anilines is 1. The minimum Gasteiger partial charge on any atom is -0.415 e. The third-order valence-corrected chi connectivity index (χ3v) is 16.5. The Balaban J connectivity index is 1.43. The van der Waals surface area contributed by atoms with E-state index in [1.54, 1.807) is 25.1 Å². The number of nitrogens with zero attached hydrogens (tertiary/aromatic N) is 3. The van der Waals surface area contributed by atoms with Crippen LogP contribution < -0.4 is 14.4 Å². The van der Waals surface area contributed by atoms with Crippen molar-refractivity contribution in [1.82, 2.24) is 9.62 Å². The number of hydrogen-bond donors (Lipinski definition) is 1. The summed E-state index contributed by atoms with van der Waals surface area (Å²) in [5.41, 5.74) is 0.655. The van der Waals surface area contributed by atoms with Crippen molar-refractivity contribution in [2.75, 3.05) is 36.8 Å². The van der Waals surface area contributed by atoms with Crippen LogP contribution in [-0.4, -0.2) is 85.6 Å². The van der Waals surface area contributed by atoms with E-state index in [-0.39, 0.29) is 55.5 Å². The standard InChI is InChI=1S/C32H43F3N4O7S2Si/c1-23-21-26(39(47(5,41)42)18-19-45-49(6,7)30(2,3)4)12-11-24(23)13-20-48(43,44)38-16-14-31(15-17-38)29(40)36-28(37-31)25-9-8-10-27(22-25)46-32(33,34)35/h8-13,20-22H,14-19H2,1-7H3,(H,36,37,40)/b20-13+. The number of aliphatic imine (C=N–C) groups is 1. The van der Waals surface area contributed by atoms with Crippen LogP contribution in [0, 0.1) is 6.92 Å². The predicted molar refractivity (Wildman–Crippen MR) is 186 cm³/mol. The van der Waals surface area contributed by atoms with Crippen LogP contribution in [0.4, 0.5) is 18.9 Å². The molecule has 0 atom stereocenters. The number of carbonyl (C=O) groups excluding carboxylic acids is 1. The summed E-state index contributed by atoms with van der Waals surface area (Å²) in [7, 11) is -9.62. The maximum Gasteiger partial charge on any atom is 0.573 e. The van der Waals surface area contributed by atoms with Crippen LogP contribution >= 0.6 is 0 Å². The van der Waals surface area contributed by atoms with E-state index in [2.05, 4.69) is 48.9 Å². The first-order chi connectivity index (χ1) is 22.4. The van der Waals surface area contributed by atoms with Crippen molar-refractivity contribution in [2.24, 2.45) is 4.99 Å². The lowest BCUT2D eigenvalue weighted by Crippen LogP contribution is -2.50. The highest BCUT2D eigenvalue weighted by atomic mass is 32.2. The number of sulfonamides is 2. The molecule has 17 heteroatoms. The fourth-order valence-corrected chi connectivity index (χ4v) is 8.40. The summed E-state index contributed by atoms with van der Waals surface area (Å²) in [4.78, 5) is 17.5. The van der Waals surface area contributed by atoms with E-state index in [1.165, 1.54) is 26.8 Å². The summed E-state index contributed by atoms with van der Waals surface area (Å²) in [6.45, 7) is 12.6. The molecule has 1 spiro atoms. The summed E-state index contributed by atoms with van der Waals surface area (Å²) in [6.07, 6.45) is -2.16. The van der Waals surface area contributed by atoms with Gasteiger partial charge < -0.3 is 14.5 Å². The van der Waals surface area contributed by atoms with E-state index in [0.717, 1.165) is 23.8 Å². The summed E-state index contributed by atoms with van der Waals surface area (Å²) in [5, 5.41) is 3.66. The lowest BCUT2D eigenvalue weighted by atomic mass is 9.89. The molecule has 4 rings (SSSR count). The van der Waals surface area contributed by atoms with Gasteiger partial charge in [0.1, 0.15) is 17.1 Å². The maximum absolute atomic E-state index is 13.3. The zero-order valence-corrected chi connectivity index (χ0v) is 31.2. The van der Waals surface area contributed by atoms with Crippen LogP contribution in [0.2, 0.25) is 18.1 Å². The average Bonchev–Trinajstić information content (AvgIpc) is 3.28. The third kappa shape index (κ3) is 9.30. The van der Waals surface area contributed by atoms with Crippen LogP contribution in [0.1, 0.15) is 50.3 Å². The van der Waals surface area contributed by atoms with Crippen molar-refractivity contribution in [3.8, 4) is 5.75 Å². The molecule has 0 bridgehead atoms. The smallest absolute Gasteiger partial charge is 0.415 e. The Morgan fingerprint density at radius 1 is 1.06 bits per heavy atom. The molecule has 270 valence electrons. The van der Waals surface area contributed by atoms with Gasteiger partial charge in [-0.3, -0.25) is 14.1 Å². The molecule has 0 unspecified atom stereocenters. The molecule has 0 radical (unpaired) electrons. The van der Waals surface area contributed by atoms with Crippen molar-refractivity contribution >= 4 is 51.9 Å². The summed E-state index contributed by atoms with van der Waals surface area (Å²) >= 11 is 0. The Morgan fingerprint density at radius 2 is 1.71 bits per heavy atom. The molecule has 0 aromatic heterocycles. The van der Waals surface area contributed by atoms with Crippen molar-refractivity contribution in [1.29, 1.82) is 0 Å². The number of hydrogen-bond acceptors (Lipinski definition) is 8. The van der Waals surface area contributed by atoms with E-state index >= 15 is 0 Å². The topological polar surface area (TPSA) is 135 Å². The highest BCUT2D eigenvalue weighted by Gasteiger charge is 2.47. The van der Waals surface area contributed by atoms with Crippen LogP contribution in [-0.2, 0) is 29.3 Å². The molecule has 2 aromatic carbocycles. The van der Waals surface area contributed by atoms with E-state index in [4.69, 9.17) is 4.43 Å². The van der Waals surface area contributed by atoms with Gasteiger partial charge in [0.25, 0.3) is 5.91 Å². The summed E-state index contributed by atoms with van der Waals surface area (Å²) in [6, 6.07) is 10.1. The molecule has 0 aliphatic carbocycles. The van der Waals surface area contributed by atoms with E-state index in [1.807, 2.05) is 0 Å². The molecule has 2 aromatic rings. The highest BCUT2D eigenvalue weighted by Crippen LogP contribution is 2.37. The fourth-order valence-electron chi connectivity index (χ4n) is 5.28. The van der Waals surface area contributed by atoms with Crippen LogP contribution in [0.5, 0.6) is 5.75 Å². The second kappa shape index (κ2) is 13.8. The lowest BCUT2D eigenvalue weighted by molar-refractivity contribution is -0.274. The first-order valence-corrected chi connectivity index (χ1v) is 21.9.